The predicted molar refractivity (Wildman–Crippen MR) is 178 cm³/mol. The molecule has 2 unspecified atom stereocenters. The summed E-state index contributed by atoms with van der Waals surface area (Å²) >= 11 is 1.92. The summed E-state index contributed by atoms with van der Waals surface area (Å²) in [5.74, 6) is -0.478. The van der Waals surface area contributed by atoms with Crippen molar-refractivity contribution in [3.8, 4) is 11.6 Å². The van der Waals surface area contributed by atoms with Crippen molar-refractivity contribution in [2.75, 3.05) is 32.7 Å². The fourth-order valence-electron chi connectivity index (χ4n) is 5.54. The number of pyridine rings is 1. The Bertz CT molecular complexity index is 1850. The van der Waals surface area contributed by atoms with E-state index in [2.05, 4.69) is 25.0 Å². The maximum absolute atomic E-state index is 14.4. The summed E-state index contributed by atoms with van der Waals surface area (Å²) in [5.41, 5.74) is 5.00. The molecule has 0 saturated carbocycles. The molecule has 2 saturated heterocycles. The molecule has 4 aromatic rings. The van der Waals surface area contributed by atoms with Crippen molar-refractivity contribution in [2.45, 2.75) is 62.9 Å². The van der Waals surface area contributed by atoms with Gasteiger partial charge >= 0.3 is 13.7 Å². The molecule has 5 heterocycles. The zero-order valence-corrected chi connectivity index (χ0v) is 29.2. The molecule has 2 fully saturated rings. The van der Waals surface area contributed by atoms with Gasteiger partial charge < -0.3 is 39.4 Å². The highest BCUT2D eigenvalue weighted by molar-refractivity contribution is 14.1. The highest BCUT2D eigenvalue weighted by Gasteiger charge is 2.55. The van der Waals surface area contributed by atoms with Gasteiger partial charge in [-0.05, 0) is 38.1 Å². The molecule has 1 aromatic carbocycles. The van der Waals surface area contributed by atoms with Crippen LogP contribution in [0.15, 0.2) is 36.5 Å². The molecule has 258 valence electrons. The number of hydrogen-bond donors (Lipinski definition) is 4. The Labute approximate surface area is 288 Å². The molecule has 0 bridgehead atoms. The highest BCUT2D eigenvalue weighted by Crippen LogP contribution is 2.49. The first-order valence-electron chi connectivity index (χ1n) is 15.0. The van der Waals surface area contributed by atoms with E-state index in [1.165, 1.54) is 25.5 Å². The minimum Gasteiger partial charge on any atom is -0.479 e. The number of benzene rings is 1. The Morgan fingerprint density at radius 2 is 2.02 bits per heavy atom. The number of fused-ring (bicyclic) bond motifs is 2. The van der Waals surface area contributed by atoms with Gasteiger partial charge in [0.1, 0.15) is 35.7 Å². The van der Waals surface area contributed by atoms with Crippen LogP contribution in [0.3, 0.4) is 0 Å². The van der Waals surface area contributed by atoms with Gasteiger partial charge in [-0.25, -0.2) is 9.55 Å². The number of nitrogens with zero attached hydrogens (tertiary/aromatic N) is 5. The second-order valence-corrected chi connectivity index (χ2v) is 14.2. The molecule has 0 aliphatic carbocycles. The molecule has 5 N–H and O–H groups in total. The lowest BCUT2D eigenvalue weighted by Gasteiger charge is -2.28. The third-order valence-corrected chi connectivity index (χ3v) is 10.4. The number of nitrogens with two attached hydrogens (primary N) is 1. The average molecular weight is 800 g/mol. The Morgan fingerprint density at radius 1 is 1.25 bits per heavy atom. The van der Waals surface area contributed by atoms with Crippen LogP contribution in [0.25, 0.3) is 22.1 Å². The molecule has 6 atom stereocenters. The molecule has 2 aliphatic rings. The smallest absolute Gasteiger partial charge is 0.459 e. The molecule has 0 spiro atoms. The number of aliphatic hydroxyl groups is 2. The Hall–Kier alpha value is -3.23. The van der Waals surface area contributed by atoms with Gasteiger partial charge in [0.2, 0.25) is 11.8 Å². The van der Waals surface area contributed by atoms with Gasteiger partial charge in [-0.1, -0.05) is 6.07 Å². The number of aliphatic hydroxyl groups excluding tert-OH is 1. The minimum absolute atomic E-state index is 0.104. The molecule has 2 aliphatic heterocycles. The first-order chi connectivity index (χ1) is 22.9. The van der Waals surface area contributed by atoms with Gasteiger partial charge in [-0.3, -0.25) is 18.9 Å². The van der Waals surface area contributed by atoms with Crippen molar-refractivity contribution >= 4 is 64.3 Å². The van der Waals surface area contributed by atoms with E-state index < -0.39 is 50.4 Å². The Balaban J connectivity index is 1.26. The van der Waals surface area contributed by atoms with Crippen molar-refractivity contribution < 1.29 is 47.6 Å². The quantitative estimate of drug-likeness (QED) is 0.0740. The third-order valence-electron chi connectivity index (χ3n) is 8.05. The van der Waals surface area contributed by atoms with Gasteiger partial charge in [0.05, 0.1) is 32.4 Å². The zero-order valence-electron chi connectivity index (χ0n) is 26.2. The van der Waals surface area contributed by atoms with Crippen LogP contribution in [0.1, 0.15) is 32.9 Å². The second-order valence-electron chi connectivity index (χ2n) is 11.5. The number of imidazole rings is 1. The molecular formula is C29H35IN7O10P. The lowest BCUT2D eigenvalue weighted by Crippen LogP contribution is -2.45. The monoisotopic (exact) mass is 799 g/mol. The third kappa shape index (κ3) is 6.93. The van der Waals surface area contributed by atoms with Gasteiger partial charge in [0.15, 0.2) is 21.2 Å². The maximum atomic E-state index is 14.4. The highest BCUT2D eigenvalue weighted by atomic mass is 127. The van der Waals surface area contributed by atoms with E-state index in [9.17, 15) is 19.6 Å². The van der Waals surface area contributed by atoms with Gasteiger partial charge in [0.25, 0.3) is 0 Å². The van der Waals surface area contributed by atoms with Crippen LogP contribution in [0.2, 0.25) is 0 Å². The van der Waals surface area contributed by atoms with Crippen LogP contribution < -0.4 is 20.1 Å². The fourth-order valence-corrected chi connectivity index (χ4v) is 7.78. The van der Waals surface area contributed by atoms with Crippen LogP contribution in [0.4, 0.5) is 5.95 Å². The number of ether oxygens (including phenoxy) is 4. The number of rotatable bonds is 11. The van der Waals surface area contributed by atoms with E-state index >= 15 is 0 Å². The summed E-state index contributed by atoms with van der Waals surface area (Å²) in [4.78, 5) is 30.1. The number of methoxy groups -OCH3 is 1. The van der Waals surface area contributed by atoms with Gasteiger partial charge in [-0.2, -0.15) is 15.1 Å². The summed E-state index contributed by atoms with van der Waals surface area (Å²) in [5, 5.41) is 26.0. The van der Waals surface area contributed by atoms with E-state index in [-0.39, 0.29) is 34.8 Å². The zero-order chi connectivity index (χ0) is 34.2. The fraction of sp³-hybridized carbons (Fsp3) is 0.483. The summed E-state index contributed by atoms with van der Waals surface area (Å²) in [6, 6.07) is 7.32. The SMILES string of the molecule is COc1nc(N)nc2c1nc(I)n2C1O[C@H](COP(=O)(N[C@@H](C)C(=O)OC2CCOCC2)Oc2cccc3ncccc23)[C@@H](O)[C@@]1(C)O. The Morgan fingerprint density at radius 3 is 2.77 bits per heavy atom. The molecule has 0 radical (unpaired) electrons. The predicted octanol–water partition coefficient (Wildman–Crippen LogP) is 2.48. The van der Waals surface area contributed by atoms with Crippen LogP contribution >= 0.6 is 30.3 Å². The van der Waals surface area contributed by atoms with Crippen LogP contribution in [-0.2, 0) is 28.1 Å². The summed E-state index contributed by atoms with van der Waals surface area (Å²) in [6.07, 6.45) is -1.69. The minimum atomic E-state index is -4.43. The van der Waals surface area contributed by atoms with Crippen LogP contribution in [0, 0.1) is 3.83 Å². The first-order valence-corrected chi connectivity index (χ1v) is 17.7. The molecule has 48 heavy (non-hydrogen) atoms. The molecule has 17 nitrogen and oxygen atoms in total. The number of anilines is 1. The van der Waals surface area contributed by atoms with Crippen LogP contribution in [-0.4, -0.2) is 97.6 Å². The van der Waals surface area contributed by atoms with E-state index in [1.54, 1.807) is 36.5 Å². The number of carbonyl (C=O) groups excluding carboxylic acids is 1. The maximum Gasteiger partial charge on any atom is 0.459 e. The van der Waals surface area contributed by atoms with Gasteiger partial charge in [0, 0.05) is 47.0 Å². The summed E-state index contributed by atoms with van der Waals surface area (Å²) in [7, 11) is -3.02. The molecule has 0 amide bonds. The molecule has 6 rings (SSSR count). The number of carbonyl (C=O) groups is 1. The van der Waals surface area contributed by atoms with E-state index in [0.29, 0.717) is 40.8 Å². The number of hydrogen-bond acceptors (Lipinski definition) is 15. The van der Waals surface area contributed by atoms with Crippen LogP contribution in [0.5, 0.6) is 11.6 Å². The number of nitrogens with one attached hydrogen (secondary N) is 1. The molecule has 19 heteroatoms. The lowest BCUT2D eigenvalue weighted by molar-refractivity contribution is -0.154. The van der Waals surface area contributed by atoms with E-state index in [4.69, 9.17) is 33.7 Å². The van der Waals surface area contributed by atoms with Crippen molar-refractivity contribution in [2.24, 2.45) is 0 Å². The summed E-state index contributed by atoms with van der Waals surface area (Å²) in [6.45, 7) is 3.25. The second kappa shape index (κ2) is 13.9. The first kappa shape index (κ1) is 34.6. The Kier molecular flexibility index (Phi) is 10.1. The molecule has 3 aromatic heterocycles. The van der Waals surface area contributed by atoms with E-state index in [0.717, 1.165) is 0 Å². The standard InChI is InChI=1S/C29H35IN7O10P/c1-15(25(39)45-16-9-12-43-13-10-16)36-48(41,47-19-8-4-7-18-17(19)6-5-11-32-18)44-14-20-22(38)29(2,40)26(46-20)37-23-21(33-27(37)30)24(42-3)35-28(31)34-23/h4-8,11,15-16,20,22,26,38,40H,9-10,12-14H2,1-3H3,(H,36,41)(H2,31,34,35)/t15-,20+,22+,26?,29+,48?/m0/s1. The van der Waals surface area contributed by atoms with E-state index in [1.807, 2.05) is 22.6 Å². The normalized spacial score (nSPS) is 25.2. The van der Waals surface area contributed by atoms with Crippen molar-refractivity contribution in [3.63, 3.8) is 0 Å². The summed E-state index contributed by atoms with van der Waals surface area (Å²) < 4.78 is 50.4. The lowest BCUT2D eigenvalue weighted by atomic mass is 9.96. The van der Waals surface area contributed by atoms with Crippen molar-refractivity contribution in [1.82, 2.24) is 29.6 Å². The topological polar surface area (TPSA) is 225 Å². The van der Waals surface area contributed by atoms with Crippen molar-refractivity contribution in [1.29, 1.82) is 0 Å². The van der Waals surface area contributed by atoms with Crippen molar-refractivity contribution in [3.05, 3.63) is 40.4 Å². The average Bonchev–Trinajstić information content (AvgIpc) is 3.50. The number of aromatic nitrogens is 5. The molecular weight excluding hydrogens is 764 g/mol. The van der Waals surface area contributed by atoms with Gasteiger partial charge in [-0.15, -0.1) is 0 Å². The largest absolute Gasteiger partial charge is 0.479 e. The number of esters is 1. The number of halogens is 1. The number of nitrogen functional groups attached to an aromatic ring is 1.